The summed E-state index contributed by atoms with van der Waals surface area (Å²) in [7, 11) is -3.62. The second kappa shape index (κ2) is 7.93. The zero-order valence-electron chi connectivity index (χ0n) is 14.9. The standard InChI is InChI=1S/C18H21N3O5S/c1-2-26-16-3-5-17(6-4-16)27(24,25)21-13-11-19(12-14-21)18(22)15-7-9-20(23)10-8-15/h3-10H,2,11-14H2,1H3. The summed E-state index contributed by atoms with van der Waals surface area (Å²) in [6.07, 6.45) is 2.53. The summed E-state index contributed by atoms with van der Waals surface area (Å²) in [6.45, 7) is 3.39. The van der Waals surface area contributed by atoms with Crippen LogP contribution >= 0.6 is 0 Å². The molecule has 1 aromatic heterocycles. The van der Waals surface area contributed by atoms with Crippen LogP contribution in [0.3, 0.4) is 0 Å². The van der Waals surface area contributed by atoms with Crippen LogP contribution in [-0.4, -0.2) is 56.3 Å². The number of piperazine rings is 1. The first kappa shape index (κ1) is 19.1. The number of aromatic nitrogens is 1. The van der Waals surface area contributed by atoms with Gasteiger partial charge in [-0.2, -0.15) is 9.04 Å². The van der Waals surface area contributed by atoms with Gasteiger partial charge >= 0.3 is 0 Å². The molecular weight excluding hydrogens is 370 g/mol. The van der Waals surface area contributed by atoms with E-state index in [0.29, 0.717) is 35.7 Å². The van der Waals surface area contributed by atoms with Crippen molar-refractivity contribution in [1.82, 2.24) is 9.21 Å². The van der Waals surface area contributed by atoms with Crippen LogP contribution in [0.4, 0.5) is 0 Å². The van der Waals surface area contributed by atoms with Crippen molar-refractivity contribution in [3.8, 4) is 5.75 Å². The smallest absolute Gasteiger partial charge is 0.254 e. The van der Waals surface area contributed by atoms with Crippen molar-refractivity contribution in [3.63, 3.8) is 0 Å². The fourth-order valence-electron chi connectivity index (χ4n) is 2.89. The Morgan fingerprint density at radius 3 is 2.22 bits per heavy atom. The van der Waals surface area contributed by atoms with E-state index in [-0.39, 0.29) is 23.9 Å². The molecule has 0 saturated carbocycles. The van der Waals surface area contributed by atoms with E-state index < -0.39 is 10.0 Å². The summed E-state index contributed by atoms with van der Waals surface area (Å²) < 4.78 is 32.9. The quantitative estimate of drug-likeness (QED) is 0.557. The van der Waals surface area contributed by atoms with E-state index in [1.165, 1.54) is 41.0 Å². The maximum absolute atomic E-state index is 12.8. The fraction of sp³-hybridized carbons (Fsp3) is 0.333. The molecule has 9 heteroatoms. The molecule has 0 radical (unpaired) electrons. The molecular formula is C18H21N3O5S. The lowest BCUT2D eigenvalue weighted by molar-refractivity contribution is -0.605. The molecule has 2 heterocycles. The summed E-state index contributed by atoms with van der Waals surface area (Å²) in [5.74, 6) is 0.405. The molecule has 0 aliphatic carbocycles. The molecule has 0 unspecified atom stereocenters. The molecule has 0 atom stereocenters. The predicted octanol–water partition coefficient (Wildman–Crippen LogP) is 0.865. The van der Waals surface area contributed by atoms with E-state index in [1.54, 1.807) is 17.0 Å². The van der Waals surface area contributed by atoms with Crippen molar-refractivity contribution in [2.24, 2.45) is 0 Å². The van der Waals surface area contributed by atoms with Crippen LogP contribution in [0.1, 0.15) is 17.3 Å². The topological polar surface area (TPSA) is 93.9 Å². The Kier molecular flexibility index (Phi) is 5.62. The molecule has 1 aliphatic heterocycles. The van der Waals surface area contributed by atoms with Gasteiger partial charge in [0.05, 0.1) is 17.1 Å². The van der Waals surface area contributed by atoms with Gasteiger partial charge in [-0.05, 0) is 31.2 Å². The third kappa shape index (κ3) is 4.20. The Morgan fingerprint density at radius 1 is 1.07 bits per heavy atom. The first-order chi connectivity index (χ1) is 12.9. The first-order valence-electron chi connectivity index (χ1n) is 8.63. The first-order valence-corrected chi connectivity index (χ1v) is 10.1. The van der Waals surface area contributed by atoms with Gasteiger partial charge in [0.1, 0.15) is 5.75 Å². The van der Waals surface area contributed by atoms with Gasteiger partial charge in [0.15, 0.2) is 12.4 Å². The zero-order chi connectivity index (χ0) is 19.4. The average molecular weight is 391 g/mol. The van der Waals surface area contributed by atoms with Crippen molar-refractivity contribution in [2.75, 3.05) is 32.8 Å². The van der Waals surface area contributed by atoms with Crippen molar-refractivity contribution in [2.45, 2.75) is 11.8 Å². The van der Waals surface area contributed by atoms with Gasteiger partial charge in [-0.15, -0.1) is 0 Å². The highest BCUT2D eigenvalue weighted by molar-refractivity contribution is 7.89. The summed E-state index contributed by atoms with van der Waals surface area (Å²) in [4.78, 5) is 14.3. The van der Waals surface area contributed by atoms with Crippen LogP contribution in [0.25, 0.3) is 0 Å². The molecule has 8 nitrogen and oxygen atoms in total. The Hall–Kier alpha value is -2.65. The van der Waals surface area contributed by atoms with Crippen LogP contribution in [0, 0.1) is 5.21 Å². The van der Waals surface area contributed by atoms with Crippen LogP contribution in [0.5, 0.6) is 5.75 Å². The fourth-order valence-corrected chi connectivity index (χ4v) is 4.32. The van der Waals surface area contributed by atoms with Crippen LogP contribution < -0.4 is 9.47 Å². The Balaban J connectivity index is 1.65. The van der Waals surface area contributed by atoms with Crippen molar-refractivity contribution in [1.29, 1.82) is 0 Å². The Morgan fingerprint density at radius 2 is 1.67 bits per heavy atom. The van der Waals surface area contributed by atoms with Gasteiger partial charge in [0.25, 0.3) is 5.91 Å². The van der Waals surface area contributed by atoms with Crippen molar-refractivity contribution < 1.29 is 22.7 Å². The largest absolute Gasteiger partial charge is 0.619 e. The predicted molar refractivity (Wildman–Crippen MR) is 97.7 cm³/mol. The maximum atomic E-state index is 12.8. The summed E-state index contributed by atoms with van der Waals surface area (Å²) >= 11 is 0. The third-order valence-corrected chi connectivity index (χ3v) is 6.26. The number of hydrogen-bond acceptors (Lipinski definition) is 5. The molecule has 1 amide bonds. The molecule has 1 fully saturated rings. The lowest BCUT2D eigenvalue weighted by Gasteiger charge is -2.34. The Labute approximate surface area is 158 Å². The summed E-state index contributed by atoms with van der Waals surface area (Å²) in [5.41, 5.74) is 0.407. The summed E-state index contributed by atoms with van der Waals surface area (Å²) in [5, 5.41) is 11.1. The molecule has 0 bridgehead atoms. The number of pyridine rings is 1. The van der Waals surface area contributed by atoms with Gasteiger partial charge in [-0.1, -0.05) is 0 Å². The number of rotatable bonds is 5. The second-order valence-electron chi connectivity index (χ2n) is 6.05. The van der Waals surface area contributed by atoms with Gasteiger partial charge in [0, 0.05) is 38.3 Å². The molecule has 1 aliphatic rings. The summed E-state index contributed by atoms with van der Waals surface area (Å²) in [6, 6.07) is 9.23. The van der Waals surface area contributed by atoms with Gasteiger partial charge < -0.3 is 14.8 Å². The normalized spacial score (nSPS) is 15.5. The highest BCUT2D eigenvalue weighted by atomic mass is 32.2. The number of benzene rings is 1. The van der Waals surface area contributed by atoms with Crippen LogP contribution in [0.15, 0.2) is 53.7 Å². The monoisotopic (exact) mass is 391 g/mol. The number of amides is 1. The molecule has 27 heavy (non-hydrogen) atoms. The molecule has 144 valence electrons. The third-order valence-electron chi connectivity index (χ3n) is 4.35. The highest BCUT2D eigenvalue weighted by Crippen LogP contribution is 2.21. The minimum Gasteiger partial charge on any atom is -0.619 e. The van der Waals surface area contributed by atoms with Crippen molar-refractivity contribution >= 4 is 15.9 Å². The van der Waals surface area contributed by atoms with E-state index in [0.717, 1.165) is 0 Å². The van der Waals surface area contributed by atoms with E-state index in [4.69, 9.17) is 4.74 Å². The maximum Gasteiger partial charge on any atom is 0.254 e. The second-order valence-corrected chi connectivity index (χ2v) is 7.99. The van der Waals surface area contributed by atoms with E-state index >= 15 is 0 Å². The number of carbonyl (C=O) groups excluding carboxylic acids is 1. The average Bonchev–Trinajstić information content (AvgIpc) is 2.69. The lowest BCUT2D eigenvalue weighted by atomic mass is 10.2. The van der Waals surface area contributed by atoms with E-state index in [1.807, 2.05) is 6.92 Å². The number of carbonyl (C=O) groups is 1. The lowest BCUT2D eigenvalue weighted by Crippen LogP contribution is -2.50. The number of nitrogens with zero attached hydrogens (tertiary/aromatic N) is 3. The SMILES string of the molecule is CCOc1ccc(S(=O)(=O)N2CCN(C(=O)c3cc[n+]([O-])cc3)CC2)cc1. The van der Waals surface area contributed by atoms with Gasteiger partial charge in [-0.25, -0.2) is 8.42 Å². The van der Waals surface area contributed by atoms with E-state index in [2.05, 4.69) is 0 Å². The van der Waals surface area contributed by atoms with Crippen LogP contribution in [0.2, 0.25) is 0 Å². The Bertz CT molecular complexity index is 890. The molecule has 0 N–H and O–H groups in total. The van der Waals surface area contributed by atoms with Crippen molar-refractivity contribution in [3.05, 3.63) is 59.6 Å². The van der Waals surface area contributed by atoms with E-state index in [9.17, 15) is 18.4 Å². The molecule has 0 spiro atoms. The molecule has 2 aromatic rings. The number of sulfonamides is 1. The highest BCUT2D eigenvalue weighted by Gasteiger charge is 2.30. The number of hydrogen-bond donors (Lipinski definition) is 0. The van der Waals surface area contributed by atoms with Gasteiger partial charge in [-0.3, -0.25) is 4.79 Å². The number of ether oxygens (including phenoxy) is 1. The minimum atomic E-state index is -3.62. The molecule has 1 aromatic carbocycles. The zero-order valence-corrected chi connectivity index (χ0v) is 15.8. The van der Waals surface area contributed by atoms with Crippen LogP contribution in [-0.2, 0) is 10.0 Å². The van der Waals surface area contributed by atoms with Gasteiger partial charge in [0.2, 0.25) is 10.0 Å². The minimum absolute atomic E-state index is 0.203. The molecule has 3 rings (SSSR count). The molecule has 1 saturated heterocycles.